The first-order valence-corrected chi connectivity index (χ1v) is 11.3. The van der Waals surface area contributed by atoms with Crippen molar-refractivity contribution in [3.05, 3.63) is 68.4 Å². The van der Waals surface area contributed by atoms with Crippen molar-refractivity contribution in [1.82, 2.24) is 14.9 Å². The Balaban J connectivity index is 1.74. The lowest BCUT2D eigenvalue weighted by Gasteiger charge is -2.14. The van der Waals surface area contributed by atoms with Crippen molar-refractivity contribution in [3.8, 4) is 11.1 Å². The monoisotopic (exact) mass is 522 g/mol. The summed E-state index contributed by atoms with van der Waals surface area (Å²) in [6.45, 7) is 0.183. The number of hydrogen-bond acceptors (Lipinski definition) is 8. The molecule has 1 amide bonds. The lowest BCUT2D eigenvalue weighted by atomic mass is 10.0. The minimum Gasteiger partial charge on any atom is -0.394 e. The summed E-state index contributed by atoms with van der Waals surface area (Å²) in [4.78, 5) is 27.1. The smallest absolute Gasteiger partial charge is 0.311 e. The predicted octanol–water partition coefficient (Wildman–Crippen LogP) is 2.93. The average Bonchev–Trinajstić information content (AvgIpc) is 3.24. The summed E-state index contributed by atoms with van der Waals surface area (Å²) < 4.78 is 1.82. The van der Waals surface area contributed by atoms with Crippen molar-refractivity contribution in [1.29, 1.82) is 0 Å². The molecule has 2 heterocycles. The second-order valence-corrected chi connectivity index (χ2v) is 8.47. The molecule has 11 nitrogen and oxygen atoms in total. The summed E-state index contributed by atoms with van der Waals surface area (Å²) in [6, 6.07) is 6.92. The van der Waals surface area contributed by atoms with Gasteiger partial charge in [-0.15, -0.1) is 0 Å². The van der Waals surface area contributed by atoms with Gasteiger partial charge in [0.1, 0.15) is 5.82 Å². The van der Waals surface area contributed by atoms with Crippen LogP contribution in [0.4, 0.5) is 17.3 Å². The van der Waals surface area contributed by atoms with Gasteiger partial charge in [0.25, 0.3) is 5.91 Å². The second kappa shape index (κ2) is 11.8. The molecule has 3 rings (SSSR count). The first-order chi connectivity index (χ1) is 16.7. The molecule has 2 aromatic heterocycles. The van der Waals surface area contributed by atoms with Crippen LogP contribution in [0.2, 0.25) is 10.0 Å². The number of benzene rings is 1. The number of nitrogens with one attached hydrogen (secondary N) is 2. The highest BCUT2D eigenvalue weighted by molar-refractivity contribution is 6.36. The van der Waals surface area contributed by atoms with Crippen LogP contribution < -0.4 is 16.4 Å². The maximum Gasteiger partial charge on any atom is 0.311 e. The number of hydrogen-bond donors (Lipinski definition) is 5. The molecule has 0 aliphatic rings. The zero-order chi connectivity index (χ0) is 25.5. The van der Waals surface area contributed by atoms with Crippen LogP contribution in [-0.4, -0.2) is 56.4 Å². The fraction of sp³-hybridized carbons (Fsp3) is 0.273. The Morgan fingerprint density at radius 3 is 2.54 bits per heavy atom. The Labute approximate surface area is 210 Å². The lowest BCUT2D eigenvalue weighted by Crippen LogP contribution is -2.40. The zero-order valence-electron chi connectivity index (χ0n) is 18.4. The highest BCUT2D eigenvalue weighted by atomic mass is 35.5. The topological polar surface area (TPSA) is 169 Å². The van der Waals surface area contributed by atoms with Gasteiger partial charge in [-0.25, -0.2) is 4.98 Å². The number of aromatic nitrogens is 2. The molecule has 1 aromatic carbocycles. The van der Waals surface area contributed by atoms with E-state index in [1.807, 2.05) is 4.57 Å². The molecule has 0 bridgehead atoms. The number of nitrogens with two attached hydrogens (primary N) is 1. The summed E-state index contributed by atoms with van der Waals surface area (Å²) in [6.07, 6.45) is 4.06. The molecule has 0 aliphatic heterocycles. The van der Waals surface area contributed by atoms with E-state index in [2.05, 4.69) is 15.6 Å². The predicted molar refractivity (Wildman–Crippen MR) is 134 cm³/mol. The Morgan fingerprint density at radius 2 is 1.91 bits per heavy atom. The Morgan fingerprint density at radius 1 is 1.17 bits per heavy atom. The number of nitrogens with zero attached hydrogens (tertiary/aromatic N) is 3. The number of anilines is 2. The van der Waals surface area contributed by atoms with Crippen molar-refractivity contribution in [2.45, 2.75) is 19.0 Å². The van der Waals surface area contributed by atoms with E-state index < -0.39 is 30.1 Å². The molecule has 35 heavy (non-hydrogen) atoms. The van der Waals surface area contributed by atoms with Crippen LogP contribution >= 0.6 is 23.2 Å². The van der Waals surface area contributed by atoms with Crippen molar-refractivity contribution in [2.24, 2.45) is 0 Å². The average molecular weight is 523 g/mol. The van der Waals surface area contributed by atoms with Gasteiger partial charge in [-0.05, 0) is 24.6 Å². The third kappa shape index (κ3) is 6.61. The minimum absolute atomic E-state index is 0.172. The standard InChI is InChI=1S/C22H24Cl2N6O5/c23-13-2-3-15(18(24)8-13)16-9-29(10-17(16)22(33)27-14(11-31)12-32)7-1-6-26-20-5-4-19(30(34)35)21(25)28-20/h2-5,8-10,14,31-32H,1,6-7,11-12H2,(H,27,33)(H3,25,26,28). The molecule has 0 radical (unpaired) electrons. The Hall–Kier alpha value is -3.38. The van der Waals surface area contributed by atoms with Gasteiger partial charge >= 0.3 is 5.69 Å². The summed E-state index contributed by atoms with van der Waals surface area (Å²) in [7, 11) is 0. The van der Waals surface area contributed by atoms with Crippen LogP contribution in [0.5, 0.6) is 0 Å². The van der Waals surface area contributed by atoms with E-state index in [1.54, 1.807) is 30.6 Å². The fourth-order valence-electron chi connectivity index (χ4n) is 3.35. The maximum absolute atomic E-state index is 12.9. The number of carbonyl (C=O) groups is 1. The van der Waals surface area contributed by atoms with Crippen molar-refractivity contribution in [3.63, 3.8) is 0 Å². The van der Waals surface area contributed by atoms with Crippen LogP contribution in [0.25, 0.3) is 11.1 Å². The first kappa shape index (κ1) is 26.2. The highest BCUT2D eigenvalue weighted by Gasteiger charge is 2.20. The summed E-state index contributed by atoms with van der Waals surface area (Å²) in [5.74, 6) is -0.232. The molecule has 0 unspecified atom stereocenters. The number of carbonyl (C=O) groups excluding carboxylic acids is 1. The van der Waals surface area contributed by atoms with Crippen molar-refractivity contribution < 1.29 is 19.9 Å². The van der Waals surface area contributed by atoms with Gasteiger partial charge in [0.2, 0.25) is 5.82 Å². The number of nitro groups is 1. The van der Waals surface area contributed by atoms with Gasteiger partial charge in [-0.1, -0.05) is 29.3 Å². The summed E-state index contributed by atoms with van der Waals surface area (Å²) in [5.41, 5.74) is 6.84. The number of halogens is 2. The molecular weight excluding hydrogens is 499 g/mol. The van der Waals surface area contributed by atoms with Crippen molar-refractivity contribution >= 4 is 46.4 Å². The number of aliphatic hydroxyl groups excluding tert-OH is 2. The molecule has 0 aliphatic carbocycles. The zero-order valence-corrected chi connectivity index (χ0v) is 20.0. The molecule has 6 N–H and O–H groups in total. The van der Waals surface area contributed by atoms with E-state index in [-0.39, 0.29) is 11.5 Å². The minimum atomic E-state index is -0.801. The van der Waals surface area contributed by atoms with E-state index in [4.69, 9.17) is 28.9 Å². The normalized spacial score (nSPS) is 11.0. The molecule has 0 saturated carbocycles. The van der Waals surface area contributed by atoms with Gasteiger partial charge in [0, 0.05) is 52.7 Å². The van der Waals surface area contributed by atoms with E-state index >= 15 is 0 Å². The molecular formula is C22H24Cl2N6O5. The van der Waals surface area contributed by atoms with E-state index in [0.29, 0.717) is 52.1 Å². The molecule has 0 atom stereocenters. The van der Waals surface area contributed by atoms with Gasteiger partial charge in [0.15, 0.2) is 0 Å². The van der Waals surface area contributed by atoms with Crippen LogP contribution in [0.15, 0.2) is 42.7 Å². The van der Waals surface area contributed by atoms with Crippen molar-refractivity contribution in [2.75, 3.05) is 30.8 Å². The molecule has 0 saturated heterocycles. The Bertz CT molecular complexity index is 1220. The highest BCUT2D eigenvalue weighted by Crippen LogP contribution is 2.33. The molecule has 186 valence electrons. The number of amides is 1. The summed E-state index contributed by atoms with van der Waals surface area (Å²) in [5, 5.41) is 36.0. The quantitative estimate of drug-likeness (QED) is 0.145. The number of aliphatic hydroxyl groups is 2. The van der Waals surface area contributed by atoms with E-state index in [1.165, 1.54) is 12.1 Å². The van der Waals surface area contributed by atoms with E-state index in [9.17, 15) is 25.1 Å². The third-order valence-electron chi connectivity index (χ3n) is 5.12. The van der Waals surface area contributed by atoms with E-state index in [0.717, 1.165) is 0 Å². The van der Waals surface area contributed by atoms with Gasteiger partial charge in [0.05, 0.1) is 29.7 Å². The number of aryl methyl sites for hydroxylation is 1. The SMILES string of the molecule is Nc1nc(NCCCn2cc(C(=O)NC(CO)CO)c(-c3ccc(Cl)cc3Cl)c2)ccc1[N+](=O)[O-]. The van der Waals surface area contributed by atoms with Crippen LogP contribution in [0, 0.1) is 10.1 Å². The van der Waals surface area contributed by atoms with Gasteiger partial charge < -0.3 is 31.1 Å². The number of nitrogen functional groups attached to an aromatic ring is 1. The third-order valence-corrected chi connectivity index (χ3v) is 5.67. The molecule has 0 fully saturated rings. The first-order valence-electron chi connectivity index (χ1n) is 10.6. The number of pyridine rings is 1. The molecule has 0 spiro atoms. The van der Waals surface area contributed by atoms with Gasteiger partial charge in [-0.3, -0.25) is 14.9 Å². The summed E-state index contributed by atoms with van der Waals surface area (Å²) >= 11 is 12.4. The van der Waals surface area contributed by atoms with Crippen LogP contribution in [-0.2, 0) is 6.54 Å². The maximum atomic E-state index is 12.9. The van der Waals surface area contributed by atoms with Crippen LogP contribution in [0.3, 0.4) is 0 Å². The Kier molecular flexibility index (Phi) is 8.88. The largest absolute Gasteiger partial charge is 0.394 e. The molecule has 13 heteroatoms. The fourth-order valence-corrected chi connectivity index (χ4v) is 3.86. The lowest BCUT2D eigenvalue weighted by molar-refractivity contribution is -0.384. The van der Waals surface area contributed by atoms with Gasteiger partial charge in [-0.2, -0.15) is 0 Å². The number of rotatable bonds is 11. The molecule has 3 aromatic rings. The van der Waals surface area contributed by atoms with Crippen LogP contribution in [0.1, 0.15) is 16.8 Å². The second-order valence-electron chi connectivity index (χ2n) is 7.62.